The fraction of sp³-hybridized carbons (Fsp3) is 0.286. The molecule has 0 saturated heterocycles. The van der Waals surface area contributed by atoms with Crippen LogP contribution in [-0.2, 0) is 4.79 Å². The lowest BCUT2D eigenvalue weighted by Crippen LogP contribution is -2.42. The van der Waals surface area contributed by atoms with Crippen LogP contribution in [0.5, 0.6) is 0 Å². The summed E-state index contributed by atoms with van der Waals surface area (Å²) in [6.45, 7) is 1.32. The number of carbonyl (C=O) groups is 2. The molecule has 6 heteroatoms. The van der Waals surface area contributed by atoms with E-state index in [2.05, 4.69) is 17.2 Å². The van der Waals surface area contributed by atoms with E-state index >= 15 is 0 Å². The number of aliphatic hydroxyl groups excluding tert-OH is 1. The Morgan fingerprint density at radius 3 is 2.80 bits per heavy atom. The van der Waals surface area contributed by atoms with Crippen LogP contribution >= 0.6 is 0 Å². The number of hydrogen-bond acceptors (Lipinski definition) is 3. The van der Waals surface area contributed by atoms with Crippen molar-refractivity contribution in [2.24, 2.45) is 5.73 Å². The maximum Gasteiger partial charge on any atom is 0.253 e. The van der Waals surface area contributed by atoms with Crippen molar-refractivity contribution in [1.82, 2.24) is 5.32 Å². The van der Waals surface area contributed by atoms with Crippen LogP contribution in [-0.4, -0.2) is 29.6 Å². The van der Waals surface area contributed by atoms with Gasteiger partial charge < -0.3 is 16.2 Å². The standard InChI is InChI=1S/C14H15FN2O3/c1-9(13(16)19)17-14(20)12-8-11(15)6-5-10(12)4-2-3-7-18/h5-6,8-9,18H,3,7H2,1H3,(H2,16,19)(H,17,20). The number of carbonyl (C=O) groups excluding carboxylic acids is 2. The number of hydrogen-bond donors (Lipinski definition) is 3. The van der Waals surface area contributed by atoms with Crippen LogP contribution in [0.15, 0.2) is 18.2 Å². The Balaban J connectivity index is 3.03. The van der Waals surface area contributed by atoms with E-state index in [4.69, 9.17) is 10.8 Å². The van der Waals surface area contributed by atoms with E-state index in [9.17, 15) is 14.0 Å². The molecule has 1 aromatic carbocycles. The zero-order chi connectivity index (χ0) is 15.1. The first-order chi connectivity index (χ1) is 9.45. The molecule has 106 valence electrons. The third kappa shape index (κ3) is 4.37. The van der Waals surface area contributed by atoms with Crippen LogP contribution in [0, 0.1) is 17.7 Å². The third-order valence-electron chi connectivity index (χ3n) is 2.46. The van der Waals surface area contributed by atoms with Crippen molar-refractivity contribution in [3.63, 3.8) is 0 Å². The zero-order valence-electron chi connectivity index (χ0n) is 10.9. The molecule has 5 nitrogen and oxygen atoms in total. The molecule has 0 radical (unpaired) electrons. The second-order valence-electron chi connectivity index (χ2n) is 4.06. The van der Waals surface area contributed by atoms with Gasteiger partial charge in [0.1, 0.15) is 11.9 Å². The smallest absolute Gasteiger partial charge is 0.253 e. The van der Waals surface area contributed by atoms with E-state index in [1.807, 2.05) is 0 Å². The minimum Gasteiger partial charge on any atom is -0.395 e. The minimum atomic E-state index is -0.871. The molecule has 0 aliphatic carbocycles. The average molecular weight is 278 g/mol. The van der Waals surface area contributed by atoms with Crippen LogP contribution in [0.2, 0.25) is 0 Å². The molecule has 1 atom stereocenters. The Hall–Kier alpha value is -2.39. The largest absolute Gasteiger partial charge is 0.395 e. The summed E-state index contributed by atoms with van der Waals surface area (Å²) in [6, 6.07) is 2.70. The van der Waals surface area contributed by atoms with Crippen molar-refractivity contribution in [2.75, 3.05) is 6.61 Å². The molecule has 1 rings (SSSR count). The fourth-order valence-electron chi connectivity index (χ4n) is 1.37. The molecule has 20 heavy (non-hydrogen) atoms. The molecule has 0 spiro atoms. The second kappa shape index (κ2) is 7.26. The Bertz CT molecular complexity index is 576. The van der Waals surface area contributed by atoms with Gasteiger partial charge in [0, 0.05) is 12.0 Å². The molecule has 0 bridgehead atoms. The van der Waals surface area contributed by atoms with Crippen LogP contribution < -0.4 is 11.1 Å². The van der Waals surface area contributed by atoms with Gasteiger partial charge in [0.05, 0.1) is 12.2 Å². The van der Waals surface area contributed by atoms with Gasteiger partial charge in [-0.3, -0.25) is 9.59 Å². The molecule has 4 N–H and O–H groups in total. The Kier molecular flexibility index (Phi) is 5.69. The number of rotatable bonds is 4. The molecule has 0 aromatic heterocycles. The summed E-state index contributed by atoms with van der Waals surface area (Å²) in [4.78, 5) is 22.9. The molecular formula is C14H15FN2O3. The average Bonchev–Trinajstić information content (AvgIpc) is 2.40. The van der Waals surface area contributed by atoms with E-state index in [1.54, 1.807) is 0 Å². The molecule has 2 amide bonds. The van der Waals surface area contributed by atoms with Crippen LogP contribution in [0.3, 0.4) is 0 Å². The first-order valence-corrected chi connectivity index (χ1v) is 5.95. The fourth-order valence-corrected chi connectivity index (χ4v) is 1.37. The number of nitrogens with two attached hydrogens (primary N) is 1. The van der Waals surface area contributed by atoms with E-state index in [0.717, 1.165) is 6.07 Å². The normalized spacial score (nSPS) is 11.2. The number of benzene rings is 1. The van der Waals surface area contributed by atoms with Crippen molar-refractivity contribution >= 4 is 11.8 Å². The van der Waals surface area contributed by atoms with Gasteiger partial charge in [0.25, 0.3) is 5.91 Å². The summed E-state index contributed by atoms with van der Waals surface area (Å²) in [7, 11) is 0. The zero-order valence-corrected chi connectivity index (χ0v) is 10.9. The van der Waals surface area contributed by atoms with Gasteiger partial charge in [-0.05, 0) is 25.1 Å². The van der Waals surface area contributed by atoms with E-state index in [1.165, 1.54) is 19.1 Å². The molecule has 0 heterocycles. The number of primary amides is 1. The van der Waals surface area contributed by atoms with Gasteiger partial charge in [-0.1, -0.05) is 11.8 Å². The predicted molar refractivity (Wildman–Crippen MR) is 71.1 cm³/mol. The summed E-state index contributed by atoms with van der Waals surface area (Å²) >= 11 is 0. The Morgan fingerprint density at radius 2 is 2.20 bits per heavy atom. The van der Waals surface area contributed by atoms with Crippen LogP contribution in [0.1, 0.15) is 29.3 Å². The van der Waals surface area contributed by atoms with E-state index in [-0.39, 0.29) is 18.6 Å². The second-order valence-corrected chi connectivity index (χ2v) is 4.06. The Labute approximate surface area is 116 Å². The van der Waals surface area contributed by atoms with Crippen LogP contribution in [0.25, 0.3) is 0 Å². The quantitative estimate of drug-likeness (QED) is 0.685. The van der Waals surface area contributed by atoms with E-state index in [0.29, 0.717) is 5.56 Å². The van der Waals surface area contributed by atoms with Gasteiger partial charge in [0.15, 0.2) is 0 Å². The van der Waals surface area contributed by atoms with Gasteiger partial charge in [-0.15, -0.1) is 0 Å². The minimum absolute atomic E-state index is 0.0172. The number of halogens is 1. The van der Waals surface area contributed by atoms with Gasteiger partial charge in [0.2, 0.25) is 5.91 Å². The summed E-state index contributed by atoms with van der Waals surface area (Å²) in [5, 5.41) is 11.0. The highest BCUT2D eigenvalue weighted by atomic mass is 19.1. The highest BCUT2D eigenvalue weighted by Crippen LogP contribution is 2.11. The third-order valence-corrected chi connectivity index (χ3v) is 2.46. The lowest BCUT2D eigenvalue weighted by Gasteiger charge is -2.11. The van der Waals surface area contributed by atoms with Crippen molar-refractivity contribution < 1.29 is 19.1 Å². The monoisotopic (exact) mass is 278 g/mol. The highest BCUT2D eigenvalue weighted by molar-refractivity contribution is 5.99. The van der Waals surface area contributed by atoms with Crippen molar-refractivity contribution in [3.05, 3.63) is 35.1 Å². The van der Waals surface area contributed by atoms with Crippen molar-refractivity contribution in [2.45, 2.75) is 19.4 Å². The molecular weight excluding hydrogens is 263 g/mol. The summed E-state index contributed by atoms with van der Waals surface area (Å²) < 4.78 is 13.2. The maximum atomic E-state index is 13.2. The topological polar surface area (TPSA) is 92.4 Å². The first kappa shape index (κ1) is 15.7. The lowest BCUT2D eigenvalue weighted by atomic mass is 10.1. The van der Waals surface area contributed by atoms with Crippen molar-refractivity contribution in [3.8, 4) is 11.8 Å². The number of nitrogens with one attached hydrogen (secondary N) is 1. The number of amides is 2. The summed E-state index contributed by atoms with van der Waals surface area (Å²) in [5.41, 5.74) is 5.38. The molecule has 1 unspecified atom stereocenters. The molecule has 0 saturated carbocycles. The SMILES string of the molecule is CC(NC(=O)c1cc(F)ccc1C#CCCO)C(N)=O. The molecule has 1 aromatic rings. The first-order valence-electron chi connectivity index (χ1n) is 5.95. The Morgan fingerprint density at radius 1 is 1.50 bits per heavy atom. The number of aliphatic hydroxyl groups is 1. The van der Waals surface area contributed by atoms with Crippen LogP contribution in [0.4, 0.5) is 4.39 Å². The summed E-state index contributed by atoms with van der Waals surface area (Å²) in [6.07, 6.45) is 0.246. The summed E-state index contributed by atoms with van der Waals surface area (Å²) in [5.74, 6) is 3.40. The predicted octanol–water partition coefficient (Wildman–Crippen LogP) is 0.163. The highest BCUT2D eigenvalue weighted by Gasteiger charge is 2.16. The van der Waals surface area contributed by atoms with Crippen molar-refractivity contribution in [1.29, 1.82) is 0 Å². The van der Waals surface area contributed by atoms with Gasteiger partial charge >= 0.3 is 0 Å². The maximum absolute atomic E-state index is 13.2. The van der Waals surface area contributed by atoms with E-state index < -0.39 is 23.7 Å². The van der Waals surface area contributed by atoms with Gasteiger partial charge in [-0.25, -0.2) is 4.39 Å². The molecule has 0 aliphatic heterocycles. The van der Waals surface area contributed by atoms with Gasteiger partial charge in [-0.2, -0.15) is 0 Å². The lowest BCUT2D eigenvalue weighted by molar-refractivity contribution is -0.119. The molecule has 0 fully saturated rings. The molecule has 0 aliphatic rings.